The van der Waals surface area contributed by atoms with Crippen molar-refractivity contribution in [3.8, 4) is 0 Å². The standard InChI is InChI=1S/C14H25N3O/c1-14(18,10-15)8-4-5-9-17-11-16-12-6-2-3-7-13(12)17/h11,18H,2-10,15H2,1H3. The number of imidazole rings is 1. The molecule has 1 aliphatic rings. The summed E-state index contributed by atoms with van der Waals surface area (Å²) in [6.45, 7) is 3.17. The lowest BCUT2D eigenvalue weighted by Crippen LogP contribution is -2.33. The van der Waals surface area contributed by atoms with Crippen LogP contribution >= 0.6 is 0 Å². The van der Waals surface area contributed by atoms with Gasteiger partial charge in [-0.05, 0) is 51.9 Å². The molecule has 0 spiro atoms. The van der Waals surface area contributed by atoms with Crippen LogP contribution in [0.3, 0.4) is 0 Å². The molecule has 1 aromatic heterocycles. The Bertz CT molecular complexity index is 384. The summed E-state index contributed by atoms with van der Waals surface area (Å²) >= 11 is 0. The highest BCUT2D eigenvalue weighted by Crippen LogP contribution is 2.20. The van der Waals surface area contributed by atoms with Crippen molar-refractivity contribution in [3.05, 3.63) is 17.7 Å². The second-order valence-electron chi connectivity index (χ2n) is 5.70. The van der Waals surface area contributed by atoms with Gasteiger partial charge in [-0.25, -0.2) is 4.98 Å². The minimum Gasteiger partial charge on any atom is -0.389 e. The maximum Gasteiger partial charge on any atom is 0.0951 e. The highest BCUT2D eigenvalue weighted by Gasteiger charge is 2.18. The Morgan fingerprint density at radius 1 is 1.39 bits per heavy atom. The first kappa shape index (κ1) is 13.6. The number of aryl methyl sites for hydroxylation is 2. The van der Waals surface area contributed by atoms with Crippen LogP contribution in [0.1, 0.15) is 50.4 Å². The van der Waals surface area contributed by atoms with Gasteiger partial charge in [0.25, 0.3) is 0 Å². The Hall–Kier alpha value is -0.870. The van der Waals surface area contributed by atoms with Gasteiger partial charge in [-0.3, -0.25) is 0 Å². The number of fused-ring (bicyclic) bond motifs is 1. The molecule has 18 heavy (non-hydrogen) atoms. The highest BCUT2D eigenvalue weighted by atomic mass is 16.3. The Balaban J connectivity index is 1.79. The number of hydrogen-bond donors (Lipinski definition) is 2. The zero-order valence-electron chi connectivity index (χ0n) is 11.4. The molecule has 1 aromatic rings. The van der Waals surface area contributed by atoms with E-state index in [2.05, 4.69) is 9.55 Å². The normalized spacial score (nSPS) is 18.4. The monoisotopic (exact) mass is 251 g/mol. The number of aromatic nitrogens is 2. The number of aliphatic hydroxyl groups is 1. The fourth-order valence-corrected chi connectivity index (χ4v) is 2.61. The molecule has 1 heterocycles. The van der Waals surface area contributed by atoms with Crippen LogP contribution in [0.15, 0.2) is 6.33 Å². The summed E-state index contributed by atoms with van der Waals surface area (Å²) in [5.41, 5.74) is 7.55. The molecule has 1 aliphatic carbocycles. The summed E-state index contributed by atoms with van der Waals surface area (Å²) in [5.74, 6) is 0. The molecule has 4 nitrogen and oxygen atoms in total. The van der Waals surface area contributed by atoms with Crippen LogP contribution in [-0.2, 0) is 19.4 Å². The van der Waals surface area contributed by atoms with Crippen molar-refractivity contribution < 1.29 is 5.11 Å². The first-order chi connectivity index (χ1) is 8.62. The molecular weight excluding hydrogens is 226 g/mol. The molecule has 0 saturated heterocycles. The number of nitrogens with zero attached hydrogens (tertiary/aromatic N) is 2. The van der Waals surface area contributed by atoms with Gasteiger partial charge < -0.3 is 15.4 Å². The molecule has 4 heteroatoms. The maximum atomic E-state index is 9.83. The van der Waals surface area contributed by atoms with Crippen LogP contribution in [0.2, 0.25) is 0 Å². The van der Waals surface area contributed by atoms with Gasteiger partial charge in [-0.1, -0.05) is 0 Å². The molecule has 0 amide bonds. The van der Waals surface area contributed by atoms with E-state index >= 15 is 0 Å². The van der Waals surface area contributed by atoms with E-state index in [9.17, 15) is 5.11 Å². The molecule has 0 saturated carbocycles. The SMILES string of the molecule is CC(O)(CN)CCCCn1cnc2c1CCCC2. The van der Waals surface area contributed by atoms with Gasteiger partial charge in [-0.2, -0.15) is 0 Å². The van der Waals surface area contributed by atoms with E-state index in [4.69, 9.17) is 5.73 Å². The minimum atomic E-state index is -0.700. The van der Waals surface area contributed by atoms with Crippen LogP contribution in [-0.4, -0.2) is 26.8 Å². The first-order valence-corrected chi connectivity index (χ1v) is 7.08. The lowest BCUT2D eigenvalue weighted by atomic mass is 9.99. The molecular formula is C14H25N3O. The van der Waals surface area contributed by atoms with Crippen molar-refractivity contribution in [2.24, 2.45) is 5.73 Å². The predicted molar refractivity (Wildman–Crippen MR) is 72.4 cm³/mol. The van der Waals surface area contributed by atoms with Gasteiger partial charge >= 0.3 is 0 Å². The highest BCUT2D eigenvalue weighted by molar-refractivity contribution is 5.16. The van der Waals surface area contributed by atoms with Crippen LogP contribution in [0.5, 0.6) is 0 Å². The van der Waals surface area contributed by atoms with Gasteiger partial charge in [0.05, 0.1) is 17.6 Å². The van der Waals surface area contributed by atoms with Gasteiger partial charge in [0, 0.05) is 18.8 Å². The van der Waals surface area contributed by atoms with E-state index in [1.54, 1.807) is 0 Å². The fraction of sp³-hybridized carbons (Fsp3) is 0.786. The number of rotatable bonds is 6. The molecule has 0 radical (unpaired) electrons. The fourth-order valence-electron chi connectivity index (χ4n) is 2.61. The average molecular weight is 251 g/mol. The smallest absolute Gasteiger partial charge is 0.0951 e. The summed E-state index contributed by atoms with van der Waals surface area (Å²) in [6, 6.07) is 0. The molecule has 3 N–H and O–H groups in total. The van der Waals surface area contributed by atoms with E-state index in [0.717, 1.165) is 32.2 Å². The molecule has 0 aliphatic heterocycles. The molecule has 102 valence electrons. The van der Waals surface area contributed by atoms with Crippen molar-refractivity contribution in [3.63, 3.8) is 0 Å². The van der Waals surface area contributed by atoms with Gasteiger partial charge in [0.1, 0.15) is 0 Å². The predicted octanol–water partition coefficient (Wildman–Crippen LogP) is 1.64. The van der Waals surface area contributed by atoms with E-state index in [1.165, 1.54) is 30.7 Å². The lowest BCUT2D eigenvalue weighted by molar-refractivity contribution is 0.0569. The third-order valence-corrected chi connectivity index (χ3v) is 3.91. The molecule has 0 aromatic carbocycles. The lowest BCUT2D eigenvalue weighted by Gasteiger charge is -2.20. The van der Waals surface area contributed by atoms with Gasteiger partial charge in [-0.15, -0.1) is 0 Å². The van der Waals surface area contributed by atoms with Gasteiger partial charge in [0.15, 0.2) is 0 Å². The maximum absolute atomic E-state index is 9.83. The largest absolute Gasteiger partial charge is 0.389 e. The van der Waals surface area contributed by atoms with Crippen molar-refractivity contribution in [2.45, 2.75) is 64.0 Å². The van der Waals surface area contributed by atoms with Crippen LogP contribution in [0.25, 0.3) is 0 Å². The first-order valence-electron chi connectivity index (χ1n) is 7.08. The Morgan fingerprint density at radius 3 is 2.94 bits per heavy atom. The zero-order valence-corrected chi connectivity index (χ0v) is 11.4. The summed E-state index contributed by atoms with van der Waals surface area (Å²) in [5, 5.41) is 9.83. The Labute approximate surface area is 109 Å². The molecule has 2 rings (SSSR count). The van der Waals surface area contributed by atoms with Crippen molar-refractivity contribution >= 4 is 0 Å². The van der Waals surface area contributed by atoms with Crippen LogP contribution in [0.4, 0.5) is 0 Å². The minimum absolute atomic E-state index is 0.341. The summed E-state index contributed by atoms with van der Waals surface area (Å²) in [7, 11) is 0. The van der Waals surface area contributed by atoms with Crippen molar-refractivity contribution in [1.82, 2.24) is 9.55 Å². The zero-order chi connectivity index (χ0) is 13.0. The number of nitrogens with two attached hydrogens (primary N) is 1. The third-order valence-electron chi connectivity index (χ3n) is 3.91. The van der Waals surface area contributed by atoms with Crippen LogP contribution in [0, 0.1) is 0 Å². The van der Waals surface area contributed by atoms with E-state index in [-0.39, 0.29) is 0 Å². The third kappa shape index (κ3) is 3.33. The molecule has 0 fully saturated rings. The number of hydrogen-bond acceptors (Lipinski definition) is 3. The second-order valence-corrected chi connectivity index (χ2v) is 5.70. The second kappa shape index (κ2) is 5.85. The average Bonchev–Trinajstić information content (AvgIpc) is 2.78. The van der Waals surface area contributed by atoms with E-state index in [0.29, 0.717) is 6.54 Å². The summed E-state index contributed by atoms with van der Waals surface area (Å²) < 4.78 is 2.30. The van der Waals surface area contributed by atoms with E-state index < -0.39 is 5.60 Å². The summed E-state index contributed by atoms with van der Waals surface area (Å²) in [4.78, 5) is 4.49. The Kier molecular flexibility index (Phi) is 4.40. The van der Waals surface area contributed by atoms with Gasteiger partial charge in [0.2, 0.25) is 0 Å². The van der Waals surface area contributed by atoms with Crippen molar-refractivity contribution in [2.75, 3.05) is 6.54 Å². The molecule has 0 bridgehead atoms. The quantitative estimate of drug-likeness (QED) is 0.755. The topological polar surface area (TPSA) is 64.1 Å². The number of unbranched alkanes of at least 4 members (excludes halogenated alkanes) is 1. The molecule has 1 atom stereocenters. The molecule has 1 unspecified atom stereocenters. The Morgan fingerprint density at radius 2 is 2.17 bits per heavy atom. The van der Waals surface area contributed by atoms with Crippen molar-refractivity contribution in [1.29, 1.82) is 0 Å². The van der Waals surface area contributed by atoms with Crippen LogP contribution < -0.4 is 5.73 Å². The van der Waals surface area contributed by atoms with E-state index in [1.807, 2.05) is 13.3 Å². The summed E-state index contributed by atoms with van der Waals surface area (Å²) in [6.07, 6.45) is 9.75.